The molecule has 0 saturated carbocycles. The van der Waals surface area contributed by atoms with Crippen LogP contribution >= 0.6 is 23.2 Å². The molecule has 1 aliphatic rings. The molecule has 1 atom stereocenters. The molecule has 3 rings (SSSR count). The van der Waals surface area contributed by atoms with Gasteiger partial charge in [-0.25, -0.2) is 0 Å². The normalized spacial score (nSPS) is 20.7. The van der Waals surface area contributed by atoms with Crippen molar-refractivity contribution < 1.29 is 4.74 Å². The molecule has 108 valence electrons. The van der Waals surface area contributed by atoms with Crippen molar-refractivity contribution in [3.63, 3.8) is 0 Å². The molecule has 2 aromatic carbocycles. The van der Waals surface area contributed by atoms with Gasteiger partial charge in [0, 0.05) is 21.3 Å². The third-order valence-corrected chi connectivity index (χ3v) is 4.18. The topological polar surface area (TPSA) is 35.2 Å². The standard InChI is InChI=1S/C17H15Cl2NO/c18-12-3-8-15(16(19)11-12)17(9-1-2-10-17)21-14-6-4-13(20)5-7-14/h1,3-9,11H,2,10,20H2. The minimum Gasteiger partial charge on any atom is -0.478 e. The smallest absolute Gasteiger partial charge is 0.154 e. The molecular formula is C17H15Cl2NO. The quantitative estimate of drug-likeness (QED) is 0.623. The molecule has 0 radical (unpaired) electrons. The summed E-state index contributed by atoms with van der Waals surface area (Å²) in [6.45, 7) is 0. The Labute approximate surface area is 134 Å². The third-order valence-electron chi connectivity index (χ3n) is 3.64. The van der Waals surface area contributed by atoms with Gasteiger partial charge in [-0.3, -0.25) is 0 Å². The Morgan fingerprint density at radius 1 is 1.05 bits per heavy atom. The predicted molar refractivity (Wildman–Crippen MR) is 88.0 cm³/mol. The molecule has 21 heavy (non-hydrogen) atoms. The maximum absolute atomic E-state index is 6.37. The largest absolute Gasteiger partial charge is 0.478 e. The first-order valence-corrected chi connectivity index (χ1v) is 7.52. The highest BCUT2D eigenvalue weighted by Gasteiger charge is 2.36. The van der Waals surface area contributed by atoms with Crippen LogP contribution in [0, 0.1) is 0 Å². The molecule has 0 saturated heterocycles. The highest BCUT2D eigenvalue weighted by molar-refractivity contribution is 6.35. The molecule has 0 fully saturated rings. The van der Waals surface area contributed by atoms with Crippen LogP contribution in [0.4, 0.5) is 5.69 Å². The van der Waals surface area contributed by atoms with Gasteiger partial charge in [-0.2, -0.15) is 0 Å². The zero-order valence-corrected chi connectivity index (χ0v) is 12.9. The fourth-order valence-electron chi connectivity index (χ4n) is 2.60. The van der Waals surface area contributed by atoms with E-state index >= 15 is 0 Å². The Morgan fingerprint density at radius 2 is 1.81 bits per heavy atom. The highest BCUT2D eigenvalue weighted by atomic mass is 35.5. The van der Waals surface area contributed by atoms with Gasteiger partial charge in [-0.05, 0) is 55.3 Å². The van der Waals surface area contributed by atoms with E-state index in [0.717, 1.165) is 24.2 Å². The van der Waals surface area contributed by atoms with Gasteiger partial charge in [0.05, 0.1) is 0 Å². The number of rotatable bonds is 3. The average molecular weight is 320 g/mol. The Hall–Kier alpha value is -1.64. The number of allylic oxidation sites excluding steroid dienone is 1. The second-order valence-corrected chi connectivity index (χ2v) is 5.97. The summed E-state index contributed by atoms with van der Waals surface area (Å²) in [5.41, 5.74) is 6.81. The van der Waals surface area contributed by atoms with Crippen molar-refractivity contribution in [3.05, 3.63) is 70.2 Å². The second-order valence-electron chi connectivity index (χ2n) is 5.13. The highest BCUT2D eigenvalue weighted by Crippen LogP contribution is 2.42. The molecule has 2 aromatic rings. The van der Waals surface area contributed by atoms with Crippen molar-refractivity contribution in [1.29, 1.82) is 0 Å². The maximum atomic E-state index is 6.37. The average Bonchev–Trinajstić information content (AvgIpc) is 2.91. The molecule has 0 aliphatic heterocycles. The number of hydrogen-bond acceptors (Lipinski definition) is 2. The van der Waals surface area contributed by atoms with Crippen LogP contribution in [0.25, 0.3) is 0 Å². The molecule has 1 aliphatic carbocycles. The first-order valence-electron chi connectivity index (χ1n) is 6.77. The van der Waals surface area contributed by atoms with Gasteiger partial charge in [0.1, 0.15) is 5.75 Å². The number of nitrogen functional groups attached to an aromatic ring is 1. The van der Waals surface area contributed by atoms with Crippen molar-refractivity contribution in [2.75, 3.05) is 5.73 Å². The third kappa shape index (κ3) is 2.87. The van der Waals surface area contributed by atoms with Crippen molar-refractivity contribution in [2.45, 2.75) is 18.4 Å². The van der Waals surface area contributed by atoms with Gasteiger partial charge in [-0.15, -0.1) is 0 Å². The van der Waals surface area contributed by atoms with Crippen LogP contribution in [0.3, 0.4) is 0 Å². The monoisotopic (exact) mass is 319 g/mol. The van der Waals surface area contributed by atoms with Crippen LogP contribution in [-0.2, 0) is 5.60 Å². The van der Waals surface area contributed by atoms with Crippen molar-refractivity contribution in [3.8, 4) is 5.75 Å². The number of anilines is 1. The Morgan fingerprint density at radius 3 is 2.43 bits per heavy atom. The maximum Gasteiger partial charge on any atom is 0.154 e. The minimum atomic E-state index is -0.544. The molecule has 1 unspecified atom stereocenters. The van der Waals surface area contributed by atoms with Crippen LogP contribution in [0.15, 0.2) is 54.6 Å². The molecule has 0 heterocycles. The summed E-state index contributed by atoms with van der Waals surface area (Å²) in [7, 11) is 0. The Balaban J connectivity index is 2.00. The number of nitrogens with two attached hydrogens (primary N) is 1. The number of ether oxygens (including phenoxy) is 1. The fraction of sp³-hybridized carbons (Fsp3) is 0.176. The molecular weight excluding hydrogens is 305 g/mol. The number of hydrogen-bond donors (Lipinski definition) is 1. The van der Waals surface area contributed by atoms with Crippen LogP contribution in [-0.4, -0.2) is 0 Å². The van der Waals surface area contributed by atoms with Gasteiger partial charge >= 0.3 is 0 Å². The molecule has 0 aromatic heterocycles. The second kappa shape index (κ2) is 5.63. The lowest BCUT2D eigenvalue weighted by Gasteiger charge is -2.30. The van der Waals surface area contributed by atoms with E-state index in [4.69, 9.17) is 33.7 Å². The zero-order chi connectivity index (χ0) is 14.9. The molecule has 2 nitrogen and oxygen atoms in total. The van der Waals surface area contributed by atoms with E-state index in [0.29, 0.717) is 15.7 Å². The number of benzene rings is 2. The van der Waals surface area contributed by atoms with Gasteiger partial charge in [0.2, 0.25) is 0 Å². The summed E-state index contributed by atoms with van der Waals surface area (Å²) < 4.78 is 6.25. The lowest BCUT2D eigenvalue weighted by molar-refractivity contribution is 0.119. The van der Waals surface area contributed by atoms with Gasteiger partial charge in [0.15, 0.2) is 5.60 Å². The van der Waals surface area contributed by atoms with E-state index in [2.05, 4.69) is 12.2 Å². The molecule has 2 N–H and O–H groups in total. The lowest BCUT2D eigenvalue weighted by atomic mass is 9.92. The zero-order valence-electron chi connectivity index (χ0n) is 11.4. The summed E-state index contributed by atoms with van der Waals surface area (Å²) in [6, 6.07) is 12.9. The first kappa shape index (κ1) is 14.3. The summed E-state index contributed by atoms with van der Waals surface area (Å²) in [5, 5.41) is 1.23. The first-order chi connectivity index (χ1) is 10.1. The summed E-state index contributed by atoms with van der Waals surface area (Å²) in [4.78, 5) is 0. The van der Waals surface area contributed by atoms with Crippen molar-refractivity contribution in [2.24, 2.45) is 0 Å². The van der Waals surface area contributed by atoms with E-state index in [1.54, 1.807) is 6.07 Å². The van der Waals surface area contributed by atoms with E-state index in [-0.39, 0.29) is 0 Å². The predicted octanol–water partition coefficient (Wildman–Crippen LogP) is 5.20. The van der Waals surface area contributed by atoms with Crippen LogP contribution in [0.2, 0.25) is 10.0 Å². The lowest BCUT2D eigenvalue weighted by Crippen LogP contribution is -2.29. The van der Waals surface area contributed by atoms with Gasteiger partial charge in [-0.1, -0.05) is 35.3 Å². The van der Waals surface area contributed by atoms with Crippen LogP contribution < -0.4 is 10.5 Å². The van der Waals surface area contributed by atoms with Crippen molar-refractivity contribution in [1.82, 2.24) is 0 Å². The Bertz CT molecular complexity index is 682. The minimum absolute atomic E-state index is 0.544. The molecule has 4 heteroatoms. The van der Waals surface area contributed by atoms with E-state index in [1.165, 1.54) is 0 Å². The van der Waals surface area contributed by atoms with Crippen LogP contribution in [0.5, 0.6) is 5.75 Å². The fourth-order valence-corrected chi connectivity index (χ4v) is 3.17. The Kier molecular flexibility index (Phi) is 3.83. The van der Waals surface area contributed by atoms with Gasteiger partial charge < -0.3 is 10.5 Å². The van der Waals surface area contributed by atoms with E-state index < -0.39 is 5.60 Å². The van der Waals surface area contributed by atoms with Crippen LogP contribution in [0.1, 0.15) is 18.4 Å². The molecule has 0 bridgehead atoms. The van der Waals surface area contributed by atoms with Crippen molar-refractivity contribution >= 4 is 28.9 Å². The SMILES string of the molecule is Nc1ccc(OC2(c3ccc(Cl)cc3Cl)C=CCC2)cc1. The number of halogens is 2. The summed E-state index contributed by atoms with van der Waals surface area (Å²) in [6.07, 6.45) is 5.98. The summed E-state index contributed by atoms with van der Waals surface area (Å²) >= 11 is 12.4. The van der Waals surface area contributed by atoms with E-state index in [1.807, 2.05) is 36.4 Å². The van der Waals surface area contributed by atoms with E-state index in [9.17, 15) is 0 Å². The molecule has 0 amide bonds. The summed E-state index contributed by atoms with van der Waals surface area (Å²) in [5.74, 6) is 0.766. The molecule has 0 spiro atoms. The van der Waals surface area contributed by atoms with Gasteiger partial charge in [0.25, 0.3) is 0 Å².